The van der Waals surface area contributed by atoms with Gasteiger partial charge in [-0.15, -0.1) is 0 Å². The fraction of sp³-hybridized carbons (Fsp3) is 0.273. The van der Waals surface area contributed by atoms with Crippen LogP contribution in [-0.2, 0) is 0 Å². The number of phenolic OH excluding ortho intramolecular Hbond substituents is 1. The van der Waals surface area contributed by atoms with Crippen LogP contribution >= 0.6 is 23.8 Å². The average Bonchev–Trinajstić information content (AvgIpc) is 3.19. The Morgan fingerprint density at radius 3 is 2.69 bits per heavy atom. The van der Waals surface area contributed by atoms with Gasteiger partial charge in [0.25, 0.3) is 0 Å². The zero-order valence-corrected chi connectivity index (χ0v) is 18.1. The number of phenols is 1. The zero-order chi connectivity index (χ0) is 20.7. The van der Waals surface area contributed by atoms with Crippen molar-refractivity contribution in [1.82, 2.24) is 19.8 Å². The van der Waals surface area contributed by atoms with E-state index in [1.165, 1.54) is 0 Å². The Morgan fingerprint density at radius 1 is 1.21 bits per heavy atom. The molecule has 2 atom stereocenters. The number of hydrogen-bond acceptors (Lipinski definition) is 3. The summed E-state index contributed by atoms with van der Waals surface area (Å²) in [7, 11) is 0. The van der Waals surface area contributed by atoms with E-state index in [9.17, 15) is 5.11 Å². The van der Waals surface area contributed by atoms with E-state index in [0.717, 1.165) is 34.3 Å². The molecule has 1 aliphatic heterocycles. The van der Waals surface area contributed by atoms with Crippen molar-refractivity contribution in [3.05, 3.63) is 76.3 Å². The quantitative estimate of drug-likeness (QED) is 0.584. The smallest absolute Gasteiger partial charge is 0.170 e. The van der Waals surface area contributed by atoms with Crippen LogP contribution in [0.25, 0.3) is 5.69 Å². The summed E-state index contributed by atoms with van der Waals surface area (Å²) in [5, 5.41) is 15.2. The molecule has 0 amide bonds. The lowest BCUT2D eigenvalue weighted by Crippen LogP contribution is -2.29. The first kappa shape index (κ1) is 19.7. The summed E-state index contributed by atoms with van der Waals surface area (Å²) >= 11 is 11.8. The minimum Gasteiger partial charge on any atom is -0.506 e. The molecule has 7 heteroatoms. The maximum Gasteiger partial charge on any atom is 0.170 e. The molecule has 0 spiro atoms. The number of aromatic nitrogens is 2. The highest BCUT2D eigenvalue weighted by atomic mass is 35.5. The van der Waals surface area contributed by atoms with E-state index in [0.29, 0.717) is 10.7 Å². The molecule has 150 valence electrons. The molecule has 0 aliphatic carbocycles. The number of thiocarbonyl (C=S) groups is 1. The number of aryl methyl sites for hydroxylation is 1. The second-order valence-electron chi connectivity index (χ2n) is 7.21. The van der Waals surface area contributed by atoms with Crippen LogP contribution in [0.1, 0.15) is 41.7 Å². The van der Waals surface area contributed by atoms with Gasteiger partial charge in [0.1, 0.15) is 5.75 Å². The molecule has 2 unspecified atom stereocenters. The van der Waals surface area contributed by atoms with Gasteiger partial charge in [0.05, 0.1) is 23.5 Å². The monoisotopic (exact) mass is 426 g/mol. The first-order chi connectivity index (χ1) is 13.9. The average molecular weight is 427 g/mol. The van der Waals surface area contributed by atoms with Crippen molar-refractivity contribution in [3.8, 4) is 11.4 Å². The summed E-state index contributed by atoms with van der Waals surface area (Å²) in [5.74, 6) is 0.191. The summed E-state index contributed by atoms with van der Waals surface area (Å²) in [4.78, 5) is 6.76. The van der Waals surface area contributed by atoms with E-state index >= 15 is 0 Å². The Bertz CT molecular complexity index is 1070. The number of hydrogen-bond donors (Lipinski definition) is 2. The Kier molecular flexibility index (Phi) is 5.23. The van der Waals surface area contributed by atoms with Crippen molar-refractivity contribution in [3.63, 3.8) is 0 Å². The molecule has 1 fully saturated rings. The lowest BCUT2D eigenvalue weighted by atomic mass is 9.97. The van der Waals surface area contributed by atoms with Gasteiger partial charge in [-0.1, -0.05) is 17.7 Å². The van der Waals surface area contributed by atoms with E-state index in [1.54, 1.807) is 24.4 Å². The van der Waals surface area contributed by atoms with Gasteiger partial charge < -0.3 is 19.9 Å². The SMILES string of the molecule is CCN1C(=S)NC(c2ccccn2)C1c1cc(C)n(-c2cc(Cl)ccc2O)c1C. The molecule has 1 saturated heterocycles. The molecule has 0 radical (unpaired) electrons. The van der Waals surface area contributed by atoms with Crippen LogP contribution in [0.15, 0.2) is 48.7 Å². The third-order valence-corrected chi connectivity index (χ3v) is 6.09. The second kappa shape index (κ2) is 7.69. The van der Waals surface area contributed by atoms with Crippen LogP contribution in [0.5, 0.6) is 5.75 Å². The molecule has 3 heterocycles. The number of likely N-dealkylation sites (N-methyl/N-ethyl adjacent to an activating group) is 1. The van der Waals surface area contributed by atoms with E-state index in [-0.39, 0.29) is 17.8 Å². The minimum absolute atomic E-state index is 0.00340. The highest BCUT2D eigenvalue weighted by Gasteiger charge is 2.40. The van der Waals surface area contributed by atoms with Crippen LogP contribution in [0, 0.1) is 13.8 Å². The maximum absolute atomic E-state index is 10.4. The number of pyridine rings is 1. The predicted molar refractivity (Wildman–Crippen MR) is 120 cm³/mol. The molecule has 1 aromatic carbocycles. The molecule has 29 heavy (non-hydrogen) atoms. The molecule has 3 aromatic rings. The Hall–Kier alpha value is -2.57. The van der Waals surface area contributed by atoms with E-state index < -0.39 is 0 Å². The number of halogens is 1. The molecule has 0 saturated carbocycles. The van der Waals surface area contributed by atoms with Gasteiger partial charge in [0.2, 0.25) is 0 Å². The Labute approximate surface area is 180 Å². The summed E-state index contributed by atoms with van der Waals surface area (Å²) in [6.45, 7) is 6.98. The number of rotatable bonds is 4. The number of aromatic hydroxyl groups is 1. The summed E-state index contributed by atoms with van der Waals surface area (Å²) in [6.07, 6.45) is 1.80. The summed E-state index contributed by atoms with van der Waals surface area (Å²) in [6, 6.07) is 13.1. The van der Waals surface area contributed by atoms with Crippen LogP contribution in [0.3, 0.4) is 0 Å². The molecule has 1 aliphatic rings. The van der Waals surface area contributed by atoms with Gasteiger partial charge in [-0.2, -0.15) is 0 Å². The van der Waals surface area contributed by atoms with E-state index in [2.05, 4.69) is 35.1 Å². The first-order valence-corrected chi connectivity index (χ1v) is 10.4. The van der Waals surface area contributed by atoms with Crippen LogP contribution in [-0.4, -0.2) is 31.2 Å². The van der Waals surface area contributed by atoms with Crippen LogP contribution in [0.4, 0.5) is 0 Å². The third kappa shape index (κ3) is 3.36. The van der Waals surface area contributed by atoms with Crippen molar-refractivity contribution in [2.75, 3.05) is 6.54 Å². The zero-order valence-electron chi connectivity index (χ0n) is 16.6. The van der Waals surface area contributed by atoms with Gasteiger partial charge in [0, 0.05) is 29.2 Å². The Morgan fingerprint density at radius 2 is 2.00 bits per heavy atom. The lowest BCUT2D eigenvalue weighted by molar-refractivity contribution is 0.329. The largest absolute Gasteiger partial charge is 0.506 e. The van der Waals surface area contributed by atoms with Gasteiger partial charge in [-0.25, -0.2) is 0 Å². The van der Waals surface area contributed by atoms with Crippen molar-refractivity contribution in [2.24, 2.45) is 0 Å². The molecule has 2 aromatic heterocycles. The minimum atomic E-state index is -0.0504. The summed E-state index contributed by atoms with van der Waals surface area (Å²) < 4.78 is 2.04. The highest BCUT2D eigenvalue weighted by molar-refractivity contribution is 7.80. The molecule has 5 nitrogen and oxygen atoms in total. The number of benzene rings is 1. The highest BCUT2D eigenvalue weighted by Crippen LogP contribution is 2.41. The first-order valence-electron chi connectivity index (χ1n) is 9.58. The predicted octanol–water partition coefficient (Wildman–Crippen LogP) is 4.84. The van der Waals surface area contributed by atoms with Crippen molar-refractivity contribution >= 4 is 28.9 Å². The molecule has 4 rings (SSSR count). The normalized spacial score (nSPS) is 18.9. The molecular formula is C22H23ClN4OS. The van der Waals surface area contributed by atoms with Crippen molar-refractivity contribution in [2.45, 2.75) is 32.9 Å². The second-order valence-corrected chi connectivity index (χ2v) is 8.03. The Balaban J connectivity index is 1.86. The maximum atomic E-state index is 10.4. The van der Waals surface area contributed by atoms with Gasteiger partial charge >= 0.3 is 0 Å². The molecule has 2 N–H and O–H groups in total. The van der Waals surface area contributed by atoms with E-state index in [1.807, 2.05) is 29.7 Å². The van der Waals surface area contributed by atoms with E-state index in [4.69, 9.17) is 23.8 Å². The fourth-order valence-corrected chi connectivity index (χ4v) is 4.75. The van der Waals surface area contributed by atoms with Gasteiger partial charge in [-0.05, 0) is 75.0 Å². The topological polar surface area (TPSA) is 53.3 Å². The fourth-order valence-electron chi connectivity index (χ4n) is 4.22. The number of nitrogens with one attached hydrogen (secondary N) is 1. The molecule has 0 bridgehead atoms. The third-order valence-electron chi connectivity index (χ3n) is 5.51. The molecular weight excluding hydrogens is 404 g/mol. The summed E-state index contributed by atoms with van der Waals surface area (Å²) in [5.41, 5.74) is 4.82. The van der Waals surface area contributed by atoms with Gasteiger partial charge in [0.15, 0.2) is 5.11 Å². The van der Waals surface area contributed by atoms with Crippen LogP contribution < -0.4 is 5.32 Å². The lowest BCUT2D eigenvalue weighted by Gasteiger charge is -2.27. The van der Waals surface area contributed by atoms with Crippen molar-refractivity contribution < 1.29 is 5.11 Å². The standard InChI is InChI=1S/C22H23ClN4OS/c1-4-26-21(20(25-22(26)29)17-7-5-6-10-24-17)16-11-13(2)27(14(16)3)18-12-15(23)8-9-19(18)28/h5-12,20-21,28H,4H2,1-3H3,(H,25,29). The van der Waals surface area contributed by atoms with Crippen molar-refractivity contribution in [1.29, 1.82) is 0 Å². The van der Waals surface area contributed by atoms with Crippen LogP contribution in [0.2, 0.25) is 5.02 Å². The number of nitrogens with zero attached hydrogens (tertiary/aromatic N) is 3. The van der Waals surface area contributed by atoms with Gasteiger partial charge in [-0.3, -0.25) is 4.98 Å².